The van der Waals surface area contributed by atoms with Crippen LogP contribution in [0.25, 0.3) is 0 Å². The van der Waals surface area contributed by atoms with Gasteiger partial charge < -0.3 is 10.2 Å². The normalized spacial score (nSPS) is 10.7. The maximum absolute atomic E-state index is 10.6. The van der Waals surface area contributed by atoms with Gasteiger partial charge in [-0.3, -0.25) is 0 Å². The van der Waals surface area contributed by atoms with Crippen LogP contribution in [-0.2, 0) is 0 Å². The lowest BCUT2D eigenvalue weighted by molar-refractivity contribution is 0.0523. The summed E-state index contributed by atoms with van der Waals surface area (Å²) in [4.78, 5) is 20.9. The summed E-state index contributed by atoms with van der Waals surface area (Å²) >= 11 is 0. The molecule has 0 spiro atoms. The van der Waals surface area contributed by atoms with Crippen molar-refractivity contribution in [1.29, 1.82) is 0 Å². The number of nitrogens with zero attached hydrogens (tertiary/aromatic N) is 1. The van der Waals surface area contributed by atoms with Crippen molar-refractivity contribution in [3.8, 4) is 0 Å². The maximum atomic E-state index is 10.6. The fourth-order valence-electron chi connectivity index (χ4n) is 0.712. The summed E-state index contributed by atoms with van der Waals surface area (Å²) in [6.07, 6.45) is -2.18. The summed E-state index contributed by atoms with van der Waals surface area (Å²) < 4.78 is 0. The molecule has 0 aliphatic rings. The number of hydrogen-bond acceptors (Lipinski definition) is 2. The summed E-state index contributed by atoms with van der Waals surface area (Å²) in [6.45, 7) is 5.05. The highest BCUT2D eigenvalue weighted by Crippen LogP contribution is 2.15. The summed E-state index contributed by atoms with van der Waals surface area (Å²) in [5.74, 6) is 0. The SMILES string of the molecule is CCC(C)(C)N(NC(=O)O)C(=O)O. The Morgan fingerprint density at radius 3 is 2.08 bits per heavy atom. The lowest BCUT2D eigenvalue weighted by Crippen LogP contribution is -2.56. The van der Waals surface area contributed by atoms with Crippen molar-refractivity contribution >= 4 is 12.2 Å². The lowest BCUT2D eigenvalue weighted by Gasteiger charge is -2.34. The van der Waals surface area contributed by atoms with E-state index in [0.717, 1.165) is 0 Å². The van der Waals surface area contributed by atoms with E-state index in [0.29, 0.717) is 11.4 Å². The molecule has 0 aromatic carbocycles. The standard InChI is InChI=1S/C7H14N2O4/c1-4-7(2,3)9(6(12)13)8-5(10)11/h8H,4H2,1-3H3,(H,10,11)(H,12,13). The fourth-order valence-corrected chi connectivity index (χ4v) is 0.712. The number of carbonyl (C=O) groups is 2. The molecule has 13 heavy (non-hydrogen) atoms. The van der Waals surface area contributed by atoms with Crippen LogP contribution in [0, 0.1) is 0 Å². The van der Waals surface area contributed by atoms with Crippen LogP contribution in [0.15, 0.2) is 0 Å². The van der Waals surface area contributed by atoms with E-state index in [4.69, 9.17) is 10.2 Å². The van der Waals surface area contributed by atoms with Crippen LogP contribution in [0.1, 0.15) is 27.2 Å². The number of hydrogen-bond donors (Lipinski definition) is 3. The molecule has 6 heteroatoms. The Morgan fingerprint density at radius 2 is 1.85 bits per heavy atom. The molecule has 0 unspecified atom stereocenters. The van der Waals surface area contributed by atoms with Gasteiger partial charge >= 0.3 is 12.2 Å². The van der Waals surface area contributed by atoms with Crippen molar-refractivity contribution in [1.82, 2.24) is 10.4 Å². The van der Waals surface area contributed by atoms with Gasteiger partial charge in [0.2, 0.25) is 0 Å². The van der Waals surface area contributed by atoms with Gasteiger partial charge in [0.15, 0.2) is 0 Å². The zero-order chi connectivity index (χ0) is 10.6. The van der Waals surface area contributed by atoms with E-state index in [1.165, 1.54) is 0 Å². The zero-order valence-electron chi connectivity index (χ0n) is 7.87. The third-order valence-corrected chi connectivity index (χ3v) is 1.87. The molecule has 0 heterocycles. The Labute approximate surface area is 76.1 Å². The first-order valence-corrected chi connectivity index (χ1v) is 3.84. The smallest absolute Gasteiger partial charge is 0.426 e. The molecular formula is C7H14N2O4. The highest BCUT2D eigenvalue weighted by molar-refractivity contribution is 5.72. The Kier molecular flexibility index (Phi) is 3.53. The maximum Gasteiger partial charge on any atom is 0.426 e. The van der Waals surface area contributed by atoms with Crippen LogP contribution in [0.3, 0.4) is 0 Å². The van der Waals surface area contributed by atoms with Gasteiger partial charge in [-0.25, -0.2) is 20.0 Å². The van der Waals surface area contributed by atoms with E-state index >= 15 is 0 Å². The van der Waals surface area contributed by atoms with Crippen LogP contribution >= 0.6 is 0 Å². The summed E-state index contributed by atoms with van der Waals surface area (Å²) in [5, 5.41) is 17.7. The third kappa shape index (κ3) is 3.18. The number of nitrogens with one attached hydrogen (secondary N) is 1. The molecule has 3 N–H and O–H groups in total. The van der Waals surface area contributed by atoms with Crippen molar-refractivity contribution in [3.05, 3.63) is 0 Å². The quantitative estimate of drug-likeness (QED) is 0.573. The minimum absolute atomic E-state index is 0.513. The molecule has 76 valence electrons. The van der Waals surface area contributed by atoms with E-state index in [2.05, 4.69) is 0 Å². The second-order valence-electron chi connectivity index (χ2n) is 3.20. The molecule has 0 bridgehead atoms. The molecule has 0 aromatic heterocycles. The van der Waals surface area contributed by atoms with E-state index in [1.54, 1.807) is 20.8 Å². The van der Waals surface area contributed by atoms with Gasteiger partial charge in [-0.05, 0) is 20.3 Å². The highest BCUT2D eigenvalue weighted by atomic mass is 16.4. The molecule has 0 aromatic rings. The molecule has 0 aliphatic carbocycles. The van der Waals surface area contributed by atoms with Crippen molar-refractivity contribution in [2.24, 2.45) is 0 Å². The van der Waals surface area contributed by atoms with Gasteiger partial charge in [-0.15, -0.1) is 0 Å². The first kappa shape index (κ1) is 11.5. The van der Waals surface area contributed by atoms with Gasteiger partial charge in [0.05, 0.1) is 5.54 Å². The predicted octanol–water partition coefficient (Wildman–Crippen LogP) is 1.34. The second-order valence-corrected chi connectivity index (χ2v) is 3.20. The lowest BCUT2D eigenvalue weighted by atomic mass is 10.0. The van der Waals surface area contributed by atoms with E-state index in [9.17, 15) is 9.59 Å². The van der Waals surface area contributed by atoms with Gasteiger partial charge in [0.1, 0.15) is 0 Å². The average Bonchev–Trinajstić information content (AvgIpc) is 1.99. The van der Waals surface area contributed by atoms with Gasteiger partial charge in [0.25, 0.3) is 0 Å². The average molecular weight is 190 g/mol. The largest absolute Gasteiger partial charge is 0.464 e. The summed E-state index contributed by atoms with van der Waals surface area (Å²) in [7, 11) is 0. The van der Waals surface area contributed by atoms with E-state index in [-0.39, 0.29) is 0 Å². The van der Waals surface area contributed by atoms with Crippen LogP contribution < -0.4 is 5.43 Å². The molecule has 6 nitrogen and oxygen atoms in total. The van der Waals surface area contributed by atoms with Crippen molar-refractivity contribution in [2.45, 2.75) is 32.7 Å². The minimum atomic E-state index is -1.39. The fraction of sp³-hybridized carbons (Fsp3) is 0.714. The van der Waals surface area contributed by atoms with Crippen LogP contribution in [0.2, 0.25) is 0 Å². The highest BCUT2D eigenvalue weighted by Gasteiger charge is 2.30. The monoisotopic (exact) mass is 190 g/mol. The van der Waals surface area contributed by atoms with Crippen LogP contribution in [0.5, 0.6) is 0 Å². The predicted molar refractivity (Wildman–Crippen MR) is 45.4 cm³/mol. The van der Waals surface area contributed by atoms with Crippen LogP contribution in [-0.4, -0.2) is 32.9 Å². The summed E-state index contributed by atoms with van der Waals surface area (Å²) in [6, 6.07) is 0. The number of rotatable bonds is 2. The minimum Gasteiger partial charge on any atom is -0.464 e. The topological polar surface area (TPSA) is 89.9 Å². The van der Waals surface area contributed by atoms with Gasteiger partial charge in [0, 0.05) is 0 Å². The van der Waals surface area contributed by atoms with Gasteiger partial charge in [-0.2, -0.15) is 0 Å². The van der Waals surface area contributed by atoms with E-state index in [1.807, 2.05) is 5.43 Å². The molecule has 0 radical (unpaired) electrons. The Hall–Kier alpha value is -1.46. The number of hydrazine groups is 1. The Morgan fingerprint density at radius 1 is 1.38 bits per heavy atom. The zero-order valence-corrected chi connectivity index (χ0v) is 7.87. The van der Waals surface area contributed by atoms with Crippen LogP contribution in [0.4, 0.5) is 9.59 Å². The van der Waals surface area contributed by atoms with Crippen molar-refractivity contribution in [2.75, 3.05) is 0 Å². The van der Waals surface area contributed by atoms with Crippen molar-refractivity contribution < 1.29 is 19.8 Å². The van der Waals surface area contributed by atoms with Crippen molar-refractivity contribution in [3.63, 3.8) is 0 Å². The molecule has 0 saturated heterocycles. The summed E-state index contributed by atoms with van der Waals surface area (Å²) in [5.41, 5.74) is 1.08. The molecule has 0 saturated carbocycles. The molecular weight excluding hydrogens is 176 g/mol. The molecule has 0 fully saturated rings. The second kappa shape index (κ2) is 3.97. The first-order chi connectivity index (χ1) is 5.81. The third-order valence-electron chi connectivity index (χ3n) is 1.87. The van der Waals surface area contributed by atoms with Gasteiger partial charge in [-0.1, -0.05) is 6.92 Å². The Balaban J connectivity index is 4.60. The number of carboxylic acid groups (broad SMARTS) is 2. The van der Waals surface area contributed by atoms with E-state index < -0.39 is 17.7 Å². The molecule has 0 rings (SSSR count). The Bertz CT molecular complexity index is 215. The first-order valence-electron chi connectivity index (χ1n) is 3.84. The molecule has 0 atom stereocenters. The molecule has 2 amide bonds. The number of amides is 2. The molecule has 0 aliphatic heterocycles.